The van der Waals surface area contributed by atoms with Crippen molar-refractivity contribution in [2.45, 2.75) is 13.3 Å². The number of nitriles is 1. The number of hydrogen-bond donors (Lipinski definition) is 2. The average molecular weight is 314 g/mol. The lowest BCUT2D eigenvalue weighted by Crippen LogP contribution is -2.22. The molecule has 0 radical (unpaired) electrons. The second kappa shape index (κ2) is 7.48. The van der Waals surface area contributed by atoms with Gasteiger partial charge in [-0.2, -0.15) is 5.26 Å². The van der Waals surface area contributed by atoms with Crippen LogP contribution in [0.2, 0.25) is 5.02 Å². The van der Waals surface area contributed by atoms with Crippen LogP contribution in [0.4, 0.5) is 11.4 Å². The van der Waals surface area contributed by atoms with E-state index in [1.54, 1.807) is 18.2 Å². The predicted molar refractivity (Wildman–Crippen MR) is 89.1 cm³/mol. The first-order chi connectivity index (χ1) is 10.6. The van der Waals surface area contributed by atoms with Crippen LogP contribution in [-0.2, 0) is 11.2 Å². The second-order valence-electron chi connectivity index (χ2n) is 4.89. The molecule has 2 aromatic carbocycles. The Morgan fingerprint density at radius 1 is 1.23 bits per heavy atom. The van der Waals surface area contributed by atoms with Gasteiger partial charge in [0.25, 0.3) is 0 Å². The summed E-state index contributed by atoms with van der Waals surface area (Å²) in [5.41, 5.74) is 3.49. The predicted octanol–water partition coefficient (Wildman–Crippen LogP) is 3.77. The van der Waals surface area contributed by atoms with E-state index in [2.05, 4.69) is 16.7 Å². The first-order valence-electron chi connectivity index (χ1n) is 6.84. The fraction of sp³-hybridized carbons (Fsp3) is 0.176. The summed E-state index contributed by atoms with van der Waals surface area (Å²) in [7, 11) is 0. The van der Waals surface area contributed by atoms with Crippen molar-refractivity contribution < 1.29 is 4.79 Å². The van der Waals surface area contributed by atoms with Crippen LogP contribution in [0.3, 0.4) is 0 Å². The van der Waals surface area contributed by atoms with Crippen molar-refractivity contribution >= 4 is 28.9 Å². The maximum Gasteiger partial charge on any atom is 0.243 e. The van der Waals surface area contributed by atoms with Crippen LogP contribution in [0.15, 0.2) is 42.5 Å². The van der Waals surface area contributed by atoms with Crippen molar-refractivity contribution in [2.24, 2.45) is 0 Å². The Bertz CT molecular complexity index is 705. The smallest absolute Gasteiger partial charge is 0.243 e. The number of carbonyl (C=O) groups excluding carboxylic acids is 1. The molecule has 2 aromatic rings. The molecule has 22 heavy (non-hydrogen) atoms. The van der Waals surface area contributed by atoms with Gasteiger partial charge in [-0.1, -0.05) is 29.8 Å². The van der Waals surface area contributed by atoms with E-state index in [1.807, 2.05) is 31.2 Å². The van der Waals surface area contributed by atoms with Gasteiger partial charge in [-0.15, -0.1) is 0 Å². The van der Waals surface area contributed by atoms with Gasteiger partial charge in [0.2, 0.25) is 5.91 Å². The molecule has 0 aliphatic carbocycles. The molecule has 0 unspecified atom stereocenters. The zero-order valence-electron chi connectivity index (χ0n) is 12.2. The molecule has 0 saturated carbocycles. The highest BCUT2D eigenvalue weighted by Crippen LogP contribution is 2.19. The number of carbonyl (C=O) groups is 1. The van der Waals surface area contributed by atoms with Gasteiger partial charge >= 0.3 is 0 Å². The number of rotatable bonds is 5. The first-order valence-corrected chi connectivity index (χ1v) is 7.22. The second-order valence-corrected chi connectivity index (χ2v) is 5.33. The van der Waals surface area contributed by atoms with Crippen molar-refractivity contribution in [3.05, 3.63) is 58.6 Å². The molecule has 2 rings (SSSR count). The summed E-state index contributed by atoms with van der Waals surface area (Å²) < 4.78 is 0. The molecular formula is C17H16ClN3O. The maximum atomic E-state index is 11.9. The lowest BCUT2D eigenvalue weighted by atomic mass is 10.1. The summed E-state index contributed by atoms with van der Waals surface area (Å²) in [4.78, 5) is 11.9. The van der Waals surface area contributed by atoms with E-state index in [4.69, 9.17) is 16.9 Å². The fourth-order valence-corrected chi connectivity index (χ4v) is 2.13. The molecule has 0 aliphatic heterocycles. The molecule has 0 aromatic heterocycles. The normalized spacial score (nSPS) is 9.86. The zero-order chi connectivity index (χ0) is 15.9. The van der Waals surface area contributed by atoms with E-state index in [-0.39, 0.29) is 12.5 Å². The number of amides is 1. The van der Waals surface area contributed by atoms with Gasteiger partial charge in [-0.3, -0.25) is 4.79 Å². The third-order valence-electron chi connectivity index (χ3n) is 3.16. The molecule has 1 amide bonds. The minimum Gasteiger partial charge on any atom is -0.376 e. The molecule has 0 heterocycles. The number of nitrogens with one attached hydrogen (secondary N) is 2. The third kappa shape index (κ3) is 4.51. The zero-order valence-corrected chi connectivity index (χ0v) is 12.9. The minimum atomic E-state index is -0.146. The fourth-order valence-electron chi connectivity index (χ4n) is 1.96. The van der Waals surface area contributed by atoms with Crippen molar-refractivity contribution in [3.8, 4) is 6.07 Å². The van der Waals surface area contributed by atoms with Gasteiger partial charge < -0.3 is 10.6 Å². The Labute approximate surface area is 134 Å². The van der Waals surface area contributed by atoms with Crippen LogP contribution in [0.5, 0.6) is 0 Å². The van der Waals surface area contributed by atoms with Crippen LogP contribution in [0.1, 0.15) is 11.1 Å². The number of nitrogens with zero attached hydrogens (tertiary/aromatic N) is 1. The van der Waals surface area contributed by atoms with Crippen molar-refractivity contribution in [3.63, 3.8) is 0 Å². The van der Waals surface area contributed by atoms with Gasteiger partial charge in [0, 0.05) is 16.4 Å². The van der Waals surface area contributed by atoms with E-state index in [0.717, 1.165) is 16.8 Å². The SMILES string of the molecule is Cc1ccc(Cl)cc1NCC(=O)Nc1ccc(CC#N)cc1. The third-order valence-corrected chi connectivity index (χ3v) is 3.39. The summed E-state index contributed by atoms with van der Waals surface area (Å²) >= 11 is 5.94. The molecule has 4 nitrogen and oxygen atoms in total. The Morgan fingerprint density at radius 3 is 2.64 bits per heavy atom. The number of anilines is 2. The Kier molecular flexibility index (Phi) is 5.40. The monoisotopic (exact) mass is 313 g/mol. The molecule has 0 saturated heterocycles. The number of aryl methyl sites for hydroxylation is 1. The molecular weight excluding hydrogens is 298 g/mol. The molecule has 5 heteroatoms. The van der Waals surface area contributed by atoms with Gasteiger partial charge in [0.05, 0.1) is 19.0 Å². The summed E-state index contributed by atoms with van der Waals surface area (Å²) in [6.45, 7) is 2.10. The Hall–Kier alpha value is -2.51. The van der Waals surface area contributed by atoms with Crippen LogP contribution >= 0.6 is 11.6 Å². The number of hydrogen-bond acceptors (Lipinski definition) is 3. The van der Waals surface area contributed by atoms with Gasteiger partial charge in [0.15, 0.2) is 0 Å². The largest absolute Gasteiger partial charge is 0.376 e. The van der Waals surface area contributed by atoms with Crippen LogP contribution in [0.25, 0.3) is 0 Å². The van der Waals surface area contributed by atoms with E-state index >= 15 is 0 Å². The minimum absolute atomic E-state index is 0.146. The van der Waals surface area contributed by atoms with Crippen molar-refractivity contribution in [1.29, 1.82) is 5.26 Å². The average Bonchev–Trinajstić information content (AvgIpc) is 2.50. The molecule has 0 spiro atoms. The standard InChI is InChI=1S/C17H16ClN3O/c1-12-2-5-14(18)10-16(12)20-11-17(22)21-15-6-3-13(4-7-15)8-9-19/h2-7,10,20H,8,11H2,1H3,(H,21,22). The molecule has 0 fully saturated rings. The lowest BCUT2D eigenvalue weighted by molar-refractivity contribution is -0.114. The van der Waals surface area contributed by atoms with E-state index in [9.17, 15) is 4.79 Å². The van der Waals surface area contributed by atoms with E-state index in [1.165, 1.54) is 0 Å². The summed E-state index contributed by atoms with van der Waals surface area (Å²) in [5.74, 6) is -0.146. The Morgan fingerprint density at radius 2 is 1.95 bits per heavy atom. The van der Waals surface area contributed by atoms with E-state index < -0.39 is 0 Å². The van der Waals surface area contributed by atoms with Crippen molar-refractivity contribution in [1.82, 2.24) is 0 Å². The van der Waals surface area contributed by atoms with Gasteiger partial charge in [0.1, 0.15) is 0 Å². The van der Waals surface area contributed by atoms with Crippen molar-refractivity contribution in [2.75, 3.05) is 17.2 Å². The topological polar surface area (TPSA) is 64.9 Å². The van der Waals surface area contributed by atoms with Crippen LogP contribution < -0.4 is 10.6 Å². The molecule has 0 aliphatic rings. The highest BCUT2D eigenvalue weighted by molar-refractivity contribution is 6.30. The summed E-state index contributed by atoms with van der Waals surface area (Å²) in [6.07, 6.45) is 0.365. The molecule has 2 N–H and O–H groups in total. The highest BCUT2D eigenvalue weighted by atomic mass is 35.5. The highest BCUT2D eigenvalue weighted by Gasteiger charge is 2.04. The molecule has 0 atom stereocenters. The van der Waals surface area contributed by atoms with Gasteiger partial charge in [-0.25, -0.2) is 0 Å². The number of benzene rings is 2. The van der Waals surface area contributed by atoms with Gasteiger partial charge in [-0.05, 0) is 42.3 Å². The summed E-state index contributed by atoms with van der Waals surface area (Å²) in [6, 6.07) is 14.8. The molecule has 0 bridgehead atoms. The maximum absolute atomic E-state index is 11.9. The van der Waals surface area contributed by atoms with Crippen LogP contribution in [-0.4, -0.2) is 12.5 Å². The van der Waals surface area contributed by atoms with Crippen LogP contribution in [0, 0.1) is 18.3 Å². The first kappa shape index (κ1) is 15.9. The quantitative estimate of drug-likeness (QED) is 0.883. The molecule has 112 valence electrons. The Balaban J connectivity index is 1.90. The number of halogens is 1. The van der Waals surface area contributed by atoms with E-state index in [0.29, 0.717) is 17.1 Å². The lowest BCUT2D eigenvalue weighted by Gasteiger charge is -2.10. The summed E-state index contributed by atoms with van der Waals surface area (Å²) in [5, 5.41) is 15.1.